The highest BCUT2D eigenvalue weighted by atomic mass is 16.5. The summed E-state index contributed by atoms with van der Waals surface area (Å²) in [5, 5.41) is 6.26. The molecular formula is C11H17N3O2. The van der Waals surface area contributed by atoms with Crippen LogP contribution in [0.2, 0.25) is 0 Å². The molecule has 2 atom stereocenters. The van der Waals surface area contributed by atoms with E-state index >= 15 is 0 Å². The van der Waals surface area contributed by atoms with Gasteiger partial charge in [0.25, 0.3) is 0 Å². The molecule has 0 radical (unpaired) electrons. The second kappa shape index (κ2) is 4.55. The Morgan fingerprint density at radius 2 is 2.19 bits per heavy atom. The minimum atomic E-state index is -0.101. The Balaban J connectivity index is 2.02. The summed E-state index contributed by atoms with van der Waals surface area (Å²) in [5.74, 6) is 0.398. The Kier molecular flexibility index (Phi) is 3.12. The van der Waals surface area contributed by atoms with Gasteiger partial charge in [-0.3, -0.25) is 5.32 Å². The molecule has 16 heavy (non-hydrogen) atoms. The van der Waals surface area contributed by atoms with Crippen molar-refractivity contribution in [2.45, 2.75) is 45.2 Å². The van der Waals surface area contributed by atoms with Gasteiger partial charge in [0, 0.05) is 18.2 Å². The fourth-order valence-electron chi connectivity index (χ4n) is 2.27. The minimum Gasteiger partial charge on any atom is -0.338 e. The highest BCUT2D eigenvalue weighted by Crippen LogP contribution is 2.23. The standard InChI is InChI=1S/C11H17N3O2/c1-8-4-3-5-9(2)14(8)11(15)13-10-6-7-12-16-10/h6-9H,3-5H2,1-2H3,(H,13,15). The second-order valence-electron chi connectivity index (χ2n) is 4.34. The Hall–Kier alpha value is -1.52. The maximum atomic E-state index is 12.0. The largest absolute Gasteiger partial charge is 0.338 e. The van der Waals surface area contributed by atoms with Gasteiger partial charge in [0.1, 0.15) is 0 Å². The number of carbonyl (C=O) groups excluding carboxylic acids is 1. The van der Waals surface area contributed by atoms with Crippen LogP contribution in [0.4, 0.5) is 10.7 Å². The van der Waals surface area contributed by atoms with Crippen LogP contribution in [0.25, 0.3) is 0 Å². The van der Waals surface area contributed by atoms with Crippen molar-refractivity contribution in [1.29, 1.82) is 0 Å². The number of urea groups is 1. The summed E-state index contributed by atoms with van der Waals surface area (Å²) in [7, 11) is 0. The van der Waals surface area contributed by atoms with Crippen molar-refractivity contribution in [2.75, 3.05) is 5.32 Å². The van der Waals surface area contributed by atoms with Gasteiger partial charge in [-0.15, -0.1) is 0 Å². The smallest absolute Gasteiger partial charge is 0.324 e. The van der Waals surface area contributed by atoms with Crippen LogP contribution in [-0.4, -0.2) is 28.2 Å². The number of carbonyl (C=O) groups is 1. The van der Waals surface area contributed by atoms with Crippen molar-refractivity contribution < 1.29 is 9.32 Å². The molecule has 1 aliphatic heterocycles. The van der Waals surface area contributed by atoms with Gasteiger partial charge in [0.15, 0.2) is 0 Å². The minimum absolute atomic E-state index is 0.101. The Bertz CT molecular complexity index is 340. The molecule has 0 aromatic carbocycles. The van der Waals surface area contributed by atoms with Gasteiger partial charge >= 0.3 is 6.03 Å². The molecule has 2 heterocycles. The molecule has 2 amide bonds. The molecule has 88 valence electrons. The number of amides is 2. The van der Waals surface area contributed by atoms with E-state index in [1.807, 2.05) is 4.90 Å². The van der Waals surface area contributed by atoms with Crippen molar-refractivity contribution in [3.63, 3.8) is 0 Å². The van der Waals surface area contributed by atoms with Crippen molar-refractivity contribution in [3.05, 3.63) is 12.3 Å². The first-order chi connectivity index (χ1) is 7.68. The maximum Gasteiger partial charge on any atom is 0.324 e. The molecule has 1 fully saturated rings. The number of nitrogens with zero attached hydrogens (tertiary/aromatic N) is 2. The zero-order valence-corrected chi connectivity index (χ0v) is 9.64. The van der Waals surface area contributed by atoms with E-state index in [-0.39, 0.29) is 18.1 Å². The molecule has 1 N–H and O–H groups in total. The van der Waals surface area contributed by atoms with Crippen LogP contribution in [0.3, 0.4) is 0 Å². The fraction of sp³-hybridized carbons (Fsp3) is 0.636. The van der Waals surface area contributed by atoms with E-state index in [1.54, 1.807) is 6.07 Å². The van der Waals surface area contributed by atoms with E-state index in [0.29, 0.717) is 5.88 Å². The first kappa shape index (κ1) is 11.0. The third-order valence-corrected chi connectivity index (χ3v) is 3.10. The van der Waals surface area contributed by atoms with Gasteiger partial charge in [0.2, 0.25) is 5.88 Å². The monoisotopic (exact) mass is 223 g/mol. The molecule has 0 bridgehead atoms. The quantitative estimate of drug-likeness (QED) is 0.795. The Labute approximate surface area is 94.8 Å². The van der Waals surface area contributed by atoms with Gasteiger partial charge in [-0.25, -0.2) is 4.79 Å². The number of hydrogen-bond acceptors (Lipinski definition) is 3. The highest BCUT2D eigenvalue weighted by molar-refractivity contribution is 5.88. The van der Waals surface area contributed by atoms with Gasteiger partial charge < -0.3 is 9.42 Å². The fourth-order valence-corrected chi connectivity index (χ4v) is 2.27. The zero-order chi connectivity index (χ0) is 11.5. The van der Waals surface area contributed by atoms with Gasteiger partial charge in [-0.1, -0.05) is 5.16 Å². The van der Waals surface area contributed by atoms with Crippen molar-refractivity contribution in [1.82, 2.24) is 10.1 Å². The summed E-state index contributed by atoms with van der Waals surface area (Å²) in [6, 6.07) is 2.10. The molecular weight excluding hydrogens is 206 g/mol. The first-order valence-electron chi connectivity index (χ1n) is 5.68. The van der Waals surface area contributed by atoms with Gasteiger partial charge in [-0.2, -0.15) is 0 Å². The summed E-state index contributed by atoms with van der Waals surface area (Å²) >= 11 is 0. The number of aromatic nitrogens is 1. The third kappa shape index (κ3) is 2.18. The van der Waals surface area contributed by atoms with Crippen LogP contribution in [0.15, 0.2) is 16.8 Å². The van der Waals surface area contributed by atoms with E-state index in [0.717, 1.165) is 12.8 Å². The third-order valence-electron chi connectivity index (χ3n) is 3.10. The maximum absolute atomic E-state index is 12.0. The first-order valence-corrected chi connectivity index (χ1v) is 5.68. The summed E-state index contributed by atoms with van der Waals surface area (Å²) < 4.78 is 4.86. The average Bonchev–Trinajstić information content (AvgIpc) is 2.70. The molecule has 0 aliphatic carbocycles. The van der Waals surface area contributed by atoms with Crippen LogP contribution < -0.4 is 5.32 Å². The van der Waals surface area contributed by atoms with Gasteiger partial charge in [-0.05, 0) is 33.1 Å². The molecule has 0 spiro atoms. The topological polar surface area (TPSA) is 58.4 Å². The number of piperidine rings is 1. The molecule has 1 aliphatic rings. The highest BCUT2D eigenvalue weighted by Gasteiger charge is 2.29. The molecule has 1 aromatic rings. The van der Waals surface area contributed by atoms with Crippen LogP contribution >= 0.6 is 0 Å². The van der Waals surface area contributed by atoms with Crippen molar-refractivity contribution in [2.24, 2.45) is 0 Å². The number of likely N-dealkylation sites (tertiary alicyclic amines) is 1. The second-order valence-corrected chi connectivity index (χ2v) is 4.34. The lowest BCUT2D eigenvalue weighted by atomic mass is 9.98. The molecule has 2 unspecified atom stereocenters. The van der Waals surface area contributed by atoms with E-state index in [1.165, 1.54) is 12.6 Å². The molecule has 5 nitrogen and oxygen atoms in total. The lowest BCUT2D eigenvalue weighted by Gasteiger charge is -2.38. The van der Waals surface area contributed by atoms with Crippen molar-refractivity contribution in [3.8, 4) is 0 Å². The predicted octanol–water partition coefficient (Wildman–Crippen LogP) is 2.47. The predicted molar refractivity (Wildman–Crippen MR) is 60.1 cm³/mol. The number of nitrogens with one attached hydrogen (secondary N) is 1. The zero-order valence-electron chi connectivity index (χ0n) is 9.64. The van der Waals surface area contributed by atoms with E-state index in [9.17, 15) is 4.79 Å². The summed E-state index contributed by atoms with van der Waals surface area (Å²) in [6.45, 7) is 4.16. The summed E-state index contributed by atoms with van der Waals surface area (Å²) in [5.41, 5.74) is 0. The molecule has 1 aromatic heterocycles. The van der Waals surface area contributed by atoms with Crippen LogP contribution in [0.5, 0.6) is 0 Å². The number of hydrogen-bond donors (Lipinski definition) is 1. The van der Waals surface area contributed by atoms with E-state index in [2.05, 4.69) is 24.3 Å². The van der Waals surface area contributed by atoms with E-state index in [4.69, 9.17) is 4.52 Å². The van der Waals surface area contributed by atoms with Crippen molar-refractivity contribution >= 4 is 11.9 Å². The molecule has 2 rings (SSSR count). The molecule has 5 heteroatoms. The lowest BCUT2D eigenvalue weighted by Crippen LogP contribution is -2.49. The molecule has 0 saturated carbocycles. The normalized spacial score (nSPS) is 25.5. The summed E-state index contributed by atoms with van der Waals surface area (Å²) in [6.07, 6.45) is 4.83. The number of anilines is 1. The summed E-state index contributed by atoms with van der Waals surface area (Å²) in [4.78, 5) is 13.9. The molecule has 1 saturated heterocycles. The number of rotatable bonds is 1. The Morgan fingerprint density at radius 3 is 2.75 bits per heavy atom. The van der Waals surface area contributed by atoms with Crippen LogP contribution in [-0.2, 0) is 0 Å². The van der Waals surface area contributed by atoms with Gasteiger partial charge in [0.05, 0.1) is 6.20 Å². The SMILES string of the molecule is CC1CCCC(C)N1C(=O)Nc1ccno1. The average molecular weight is 223 g/mol. The van der Waals surface area contributed by atoms with Crippen LogP contribution in [0, 0.1) is 0 Å². The Morgan fingerprint density at radius 1 is 1.50 bits per heavy atom. The lowest BCUT2D eigenvalue weighted by molar-refractivity contribution is 0.133. The van der Waals surface area contributed by atoms with Crippen LogP contribution in [0.1, 0.15) is 33.1 Å². The van der Waals surface area contributed by atoms with E-state index < -0.39 is 0 Å².